The summed E-state index contributed by atoms with van der Waals surface area (Å²) in [6.45, 7) is 8.87. The SMILES string of the molecule is COCO[C@H]1CC[C@@]2(C)C(=CC=C3C2CC[C@]2(C)[C@@H]([C@H](C)COC)CC[C@@H]32)C1. The molecule has 3 fully saturated rings. The predicted molar refractivity (Wildman–Crippen MR) is 113 cm³/mol. The minimum absolute atomic E-state index is 0.328. The molecule has 4 aliphatic rings. The lowest BCUT2D eigenvalue weighted by Crippen LogP contribution is -2.47. The molecule has 0 aliphatic heterocycles. The van der Waals surface area contributed by atoms with E-state index in [1.165, 1.54) is 32.1 Å². The van der Waals surface area contributed by atoms with Crippen LogP contribution in [0.15, 0.2) is 23.3 Å². The maximum absolute atomic E-state index is 5.92. The fraction of sp³-hybridized carbons (Fsp3) is 0.840. The Morgan fingerprint density at radius 3 is 2.57 bits per heavy atom. The molecule has 0 aromatic carbocycles. The zero-order valence-electron chi connectivity index (χ0n) is 18.6. The fourth-order valence-electron chi connectivity index (χ4n) is 7.63. The van der Waals surface area contributed by atoms with Gasteiger partial charge in [0.05, 0.1) is 6.10 Å². The first-order valence-electron chi connectivity index (χ1n) is 11.4. The van der Waals surface area contributed by atoms with E-state index in [9.17, 15) is 0 Å². The number of ether oxygens (including phenoxy) is 3. The molecule has 158 valence electrons. The first-order chi connectivity index (χ1) is 13.4. The van der Waals surface area contributed by atoms with Gasteiger partial charge >= 0.3 is 0 Å². The van der Waals surface area contributed by atoms with E-state index >= 15 is 0 Å². The van der Waals surface area contributed by atoms with Crippen LogP contribution in [-0.4, -0.2) is 33.7 Å². The van der Waals surface area contributed by atoms with E-state index in [2.05, 4.69) is 32.9 Å². The van der Waals surface area contributed by atoms with Crippen molar-refractivity contribution in [3.8, 4) is 0 Å². The molecule has 0 amide bonds. The Labute approximate surface area is 171 Å². The smallest absolute Gasteiger partial charge is 0.146 e. The molecule has 0 radical (unpaired) electrons. The highest BCUT2D eigenvalue weighted by atomic mass is 16.7. The Balaban J connectivity index is 1.57. The highest BCUT2D eigenvalue weighted by molar-refractivity contribution is 5.38. The standard InChI is InChI=1S/C25H40O3/c1-17(15-26-4)21-8-9-22-20-7-6-18-14-19(28-16-27-5)10-12-24(18,2)23(20)11-13-25(21,22)3/h6-7,17,19,21-23H,8-16H2,1-5H3/t17-,19+,21-,22+,23?,24+,25-/m1/s1. The van der Waals surface area contributed by atoms with Gasteiger partial charge in [0.2, 0.25) is 0 Å². The molecule has 0 bridgehead atoms. The lowest BCUT2D eigenvalue weighted by Gasteiger charge is -2.55. The Kier molecular flexibility index (Phi) is 5.81. The van der Waals surface area contributed by atoms with Gasteiger partial charge in [-0.25, -0.2) is 0 Å². The molecule has 4 aliphatic carbocycles. The van der Waals surface area contributed by atoms with E-state index in [0.717, 1.165) is 37.2 Å². The van der Waals surface area contributed by atoms with Crippen molar-refractivity contribution in [3.63, 3.8) is 0 Å². The Morgan fingerprint density at radius 2 is 1.82 bits per heavy atom. The highest BCUT2D eigenvalue weighted by Gasteiger charge is 2.57. The van der Waals surface area contributed by atoms with Gasteiger partial charge in [0, 0.05) is 20.8 Å². The zero-order valence-corrected chi connectivity index (χ0v) is 18.6. The van der Waals surface area contributed by atoms with Crippen LogP contribution >= 0.6 is 0 Å². The third-order valence-electron chi connectivity index (χ3n) is 9.14. The van der Waals surface area contributed by atoms with Crippen molar-refractivity contribution in [3.05, 3.63) is 23.3 Å². The number of hydrogen-bond donors (Lipinski definition) is 0. The van der Waals surface area contributed by atoms with Gasteiger partial charge in [-0.1, -0.05) is 44.1 Å². The molecule has 0 heterocycles. The summed E-state index contributed by atoms with van der Waals surface area (Å²) in [6.07, 6.45) is 14.3. The van der Waals surface area contributed by atoms with Crippen LogP contribution in [0.4, 0.5) is 0 Å². The average Bonchev–Trinajstić information content (AvgIpc) is 3.03. The van der Waals surface area contributed by atoms with Crippen LogP contribution in [0.3, 0.4) is 0 Å². The number of rotatable bonds is 6. The Bertz CT molecular complexity index is 638. The summed E-state index contributed by atoms with van der Waals surface area (Å²) < 4.78 is 16.6. The number of fused-ring (bicyclic) bond motifs is 5. The third kappa shape index (κ3) is 3.22. The lowest BCUT2D eigenvalue weighted by atomic mass is 9.50. The van der Waals surface area contributed by atoms with E-state index in [1.807, 2.05) is 7.11 Å². The van der Waals surface area contributed by atoms with Gasteiger partial charge < -0.3 is 14.2 Å². The van der Waals surface area contributed by atoms with Crippen LogP contribution in [0.2, 0.25) is 0 Å². The van der Waals surface area contributed by atoms with Crippen LogP contribution in [0.1, 0.15) is 65.7 Å². The largest absolute Gasteiger partial charge is 0.384 e. The van der Waals surface area contributed by atoms with Gasteiger partial charge in [-0.05, 0) is 79.4 Å². The van der Waals surface area contributed by atoms with Crippen LogP contribution in [-0.2, 0) is 14.2 Å². The molecule has 4 rings (SSSR count). The first kappa shape index (κ1) is 20.6. The highest BCUT2D eigenvalue weighted by Crippen LogP contribution is 2.65. The van der Waals surface area contributed by atoms with Gasteiger partial charge in [0.15, 0.2) is 0 Å². The van der Waals surface area contributed by atoms with Gasteiger partial charge in [-0.3, -0.25) is 0 Å². The van der Waals surface area contributed by atoms with E-state index in [4.69, 9.17) is 14.2 Å². The van der Waals surface area contributed by atoms with E-state index in [0.29, 0.717) is 29.6 Å². The van der Waals surface area contributed by atoms with Gasteiger partial charge in [-0.15, -0.1) is 0 Å². The predicted octanol–water partition coefficient (Wildman–Crippen LogP) is 5.76. The first-order valence-corrected chi connectivity index (χ1v) is 11.4. The third-order valence-corrected chi connectivity index (χ3v) is 9.14. The monoisotopic (exact) mass is 388 g/mol. The van der Waals surface area contributed by atoms with Crippen molar-refractivity contribution < 1.29 is 14.2 Å². The molecule has 3 nitrogen and oxygen atoms in total. The summed E-state index contributed by atoms with van der Waals surface area (Å²) in [5.74, 6) is 2.98. The molecule has 7 atom stereocenters. The maximum atomic E-state index is 5.92. The molecule has 28 heavy (non-hydrogen) atoms. The van der Waals surface area contributed by atoms with Crippen molar-refractivity contribution in [2.24, 2.45) is 34.5 Å². The summed E-state index contributed by atoms with van der Waals surface area (Å²) in [4.78, 5) is 0. The molecule has 0 N–H and O–H groups in total. The van der Waals surface area contributed by atoms with E-state index in [-0.39, 0.29) is 0 Å². The second kappa shape index (κ2) is 7.89. The molecule has 0 aromatic rings. The molecule has 0 saturated heterocycles. The lowest BCUT2D eigenvalue weighted by molar-refractivity contribution is -0.0866. The quantitative estimate of drug-likeness (QED) is 0.542. The normalized spacial score (nSPS) is 43.5. The number of hydrogen-bond acceptors (Lipinski definition) is 3. The fourth-order valence-corrected chi connectivity index (χ4v) is 7.63. The van der Waals surface area contributed by atoms with Crippen molar-refractivity contribution in [1.29, 1.82) is 0 Å². The Hall–Kier alpha value is -0.640. The molecule has 3 saturated carbocycles. The van der Waals surface area contributed by atoms with Crippen LogP contribution in [0.5, 0.6) is 0 Å². The van der Waals surface area contributed by atoms with Crippen LogP contribution in [0.25, 0.3) is 0 Å². The molecular formula is C25H40O3. The van der Waals surface area contributed by atoms with Crippen molar-refractivity contribution in [2.75, 3.05) is 27.6 Å². The van der Waals surface area contributed by atoms with Gasteiger partial charge in [0.1, 0.15) is 6.79 Å². The zero-order chi connectivity index (χ0) is 19.9. The topological polar surface area (TPSA) is 27.7 Å². The molecule has 1 unspecified atom stereocenters. The van der Waals surface area contributed by atoms with Crippen molar-refractivity contribution in [2.45, 2.75) is 71.8 Å². The molecule has 0 spiro atoms. The van der Waals surface area contributed by atoms with E-state index in [1.54, 1.807) is 18.3 Å². The molecule has 3 heteroatoms. The minimum Gasteiger partial charge on any atom is -0.384 e. The Morgan fingerprint density at radius 1 is 1.00 bits per heavy atom. The van der Waals surface area contributed by atoms with Crippen LogP contribution < -0.4 is 0 Å². The summed E-state index contributed by atoms with van der Waals surface area (Å²) in [6, 6.07) is 0. The second-order valence-electron chi connectivity index (χ2n) is 10.5. The van der Waals surface area contributed by atoms with Crippen LogP contribution in [0, 0.1) is 34.5 Å². The molecular weight excluding hydrogens is 348 g/mol. The number of methoxy groups -OCH3 is 2. The minimum atomic E-state index is 0.328. The van der Waals surface area contributed by atoms with Crippen molar-refractivity contribution >= 4 is 0 Å². The summed E-state index contributed by atoms with van der Waals surface area (Å²) in [7, 11) is 3.56. The van der Waals surface area contributed by atoms with Crippen molar-refractivity contribution in [1.82, 2.24) is 0 Å². The number of allylic oxidation sites excluding steroid dienone is 3. The maximum Gasteiger partial charge on any atom is 0.146 e. The molecule has 0 aromatic heterocycles. The summed E-state index contributed by atoms with van der Waals surface area (Å²) in [5, 5.41) is 0. The van der Waals surface area contributed by atoms with Gasteiger partial charge in [0.25, 0.3) is 0 Å². The van der Waals surface area contributed by atoms with E-state index < -0.39 is 0 Å². The summed E-state index contributed by atoms with van der Waals surface area (Å²) >= 11 is 0. The summed E-state index contributed by atoms with van der Waals surface area (Å²) in [5.41, 5.74) is 4.21. The average molecular weight is 389 g/mol. The second-order valence-corrected chi connectivity index (χ2v) is 10.5. The van der Waals surface area contributed by atoms with Gasteiger partial charge in [-0.2, -0.15) is 0 Å².